The summed E-state index contributed by atoms with van der Waals surface area (Å²) in [4.78, 5) is 37.6. The van der Waals surface area contributed by atoms with Crippen LogP contribution in [0.2, 0.25) is 0 Å². The number of carboxylic acids is 1. The van der Waals surface area contributed by atoms with Gasteiger partial charge in [-0.25, -0.2) is 4.39 Å². The number of aryl methyl sites for hydroxylation is 1. The number of rotatable bonds is 8. The summed E-state index contributed by atoms with van der Waals surface area (Å²) in [6.45, 7) is 2.03. The second-order valence-corrected chi connectivity index (χ2v) is 7.58. The molecule has 1 unspecified atom stereocenters. The predicted molar refractivity (Wildman–Crippen MR) is 113 cm³/mol. The van der Waals surface area contributed by atoms with E-state index in [0.29, 0.717) is 24.8 Å². The Morgan fingerprint density at radius 1 is 1.00 bits per heavy atom. The predicted octanol–water partition coefficient (Wildman–Crippen LogP) is 4.20. The molecule has 7 heteroatoms. The van der Waals surface area contributed by atoms with Crippen LogP contribution in [-0.2, 0) is 14.4 Å². The Balaban J connectivity index is 1.99. The number of benzene rings is 2. The first kappa shape index (κ1) is 22.2. The molecular formula is C24H24FNO5. The quantitative estimate of drug-likeness (QED) is 0.286. The Morgan fingerprint density at radius 2 is 1.68 bits per heavy atom. The molecule has 0 bridgehead atoms. The zero-order chi connectivity index (χ0) is 22.5. The number of carbonyl (C=O) groups is 3. The van der Waals surface area contributed by atoms with Gasteiger partial charge in [0, 0.05) is 24.1 Å². The third-order valence-electron chi connectivity index (χ3n) is 5.35. The van der Waals surface area contributed by atoms with Crippen molar-refractivity contribution in [3.8, 4) is 0 Å². The van der Waals surface area contributed by atoms with E-state index in [-0.39, 0.29) is 29.9 Å². The van der Waals surface area contributed by atoms with Gasteiger partial charge in [0.1, 0.15) is 11.6 Å². The van der Waals surface area contributed by atoms with Gasteiger partial charge >= 0.3 is 5.97 Å². The number of Topliss-reactive ketones (excluding diaryl/α,β-unsaturated/α-hetero) is 1. The highest BCUT2D eigenvalue weighted by atomic mass is 19.1. The van der Waals surface area contributed by atoms with Crippen molar-refractivity contribution < 1.29 is 29.0 Å². The van der Waals surface area contributed by atoms with Crippen LogP contribution >= 0.6 is 0 Å². The highest BCUT2D eigenvalue weighted by Gasteiger charge is 2.46. The van der Waals surface area contributed by atoms with Gasteiger partial charge in [-0.1, -0.05) is 54.4 Å². The van der Waals surface area contributed by atoms with Crippen LogP contribution in [0.1, 0.15) is 48.4 Å². The lowest BCUT2D eigenvalue weighted by molar-refractivity contribution is -0.140. The highest BCUT2D eigenvalue weighted by molar-refractivity contribution is 6.46. The third-order valence-corrected chi connectivity index (χ3v) is 5.35. The Morgan fingerprint density at radius 3 is 2.32 bits per heavy atom. The molecule has 31 heavy (non-hydrogen) atoms. The monoisotopic (exact) mass is 425 g/mol. The fraction of sp³-hybridized carbons (Fsp3) is 0.292. The van der Waals surface area contributed by atoms with Crippen LogP contribution in [-0.4, -0.2) is 39.3 Å². The number of amides is 1. The second-order valence-electron chi connectivity index (χ2n) is 7.58. The molecule has 1 atom stereocenters. The Hall–Kier alpha value is -3.48. The number of halogens is 1. The summed E-state index contributed by atoms with van der Waals surface area (Å²) in [6, 6.07) is 11.6. The number of aliphatic carboxylic acids is 1. The molecule has 1 saturated heterocycles. The van der Waals surface area contributed by atoms with Crippen molar-refractivity contribution in [2.24, 2.45) is 0 Å². The molecule has 0 spiro atoms. The van der Waals surface area contributed by atoms with Crippen molar-refractivity contribution in [3.05, 3.63) is 76.6 Å². The summed E-state index contributed by atoms with van der Waals surface area (Å²) in [5.41, 5.74) is 1.31. The van der Waals surface area contributed by atoms with Gasteiger partial charge in [-0.05, 0) is 25.8 Å². The third kappa shape index (κ3) is 4.82. The lowest BCUT2D eigenvalue weighted by Gasteiger charge is -2.25. The Bertz CT molecular complexity index is 1030. The summed E-state index contributed by atoms with van der Waals surface area (Å²) >= 11 is 0. The number of carboxylic acid groups (broad SMARTS) is 1. The smallest absolute Gasteiger partial charge is 0.303 e. The number of unbranched alkanes of at least 4 members (excludes halogenated alkanes) is 2. The van der Waals surface area contributed by atoms with Gasteiger partial charge in [0.05, 0.1) is 11.6 Å². The molecule has 0 saturated carbocycles. The fourth-order valence-electron chi connectivity index (χ4n) is 3.73. The molecule has 0 radical (unpaired) electrons. The second kappa shape index (κ2) is 9.55. The number of nitrogens with zero attached hydrogens (tertiary/aromatic N) is 1. The lowest BCUT2D eigenvalue weighted by Crippen LogP contribution is -2.31. The largest absolute Gasteiger partial charge is 0.507 e. The number of carbonyl (C=O) groups excluding carboxylic acids is 2. The molecule has 2 aromatic rings. The minimum atomic E-state index is -1.05. The van der Waals surface area contributed by atoms with E-state index in [4.69, 9.17) is 5.11 Å². The van der Waals surface area contributed by atoms with Gasteiger partial charge in [0.2, 0.25) is 0 Å². The summed E-state index contributed by atoms with van der Waals surface area (Å²) in [6.07, 6.45) is 1.45. The van der Waals surface area contributed by atoms with E-state index in [1.807, 2.05) is 6.92 Å². The van der Waals surface area contributed by atoms with Gasteiger partial charge in [0.25, 0.3) is 11.7 Å². The number of likely N-dealkylation sites (tertiary alicyclic amines) is 1. The zero-order valence-electron chi connectivity index (χ0n) is 17.2. The van der Waals surface area contributed by atoms with Gasteiger partial charge in [-0.3, -0.25) is 14.4 Å². The van der Waals surface area contributed by atoms with Crippen LogP contribution < -0.4 is 0 Å². The summed E-state index contributed by atoms with van der Waals surface area (Å²) in [7, 11) is 0. The van der Waals surface area contributed by atoms with Crippen molar-refractivity contribution in [1.29, 1.82) is 0 Å². The van der Waals surface area contributed by atoms with Gasteiger partial charge in [-0.2, -0.15) is 0 Å². The first-order valence-electron chi connectivity index (χ1n) is 10.1. The Labute approximate surface area is 179 Å². The van der Waals surface area contributed by atoms with Crippen molar-refractivity contribution in [2.45, 2.75) is 38.6 Å². The Kier molecular flexibility index (Phi) is 6.84. The van der Waals surface area contributed by atoms with E-state index in [9.17, 15) is 23.9 Å². The zero-order valence-corrected chi connectivity index (χ0v) is 17.2. The van der Waals surface area contributed by atoms with E-state index in [0.717, 1.165) is 5.56 Å². The van der Waals surface area contributed by atoms with E-state index in [1.165, 1.54) is 23.1 Å². The summed E-state index contributed by atoms with van der Waals surface area (Å²) < 4.78 is 14.7. The molecule has 1 aliphatic rings. The van der Waals surface area contributed by atoms with Crippen molar-refractivity contribution in [2.75, 3.05) is 6.54 Å². The first-order valence-corrected chi connectivity index (χ1v) is 10.1. The number of hydrogen-bond acceptors (Lipinski definition) is 4. The normalized spacial score (nSPS) is 17.9. The molecule has 2 N–H and O–H groups in total. The summed E-state index contributed by atoms with van der Waals surface area (Å²) in [5.74, 6) is -3.50. The number of aliphatic hydroxyl groups excluding tert-OH is 1. The molecule has 2 aromatic carbocycles. The molecular weight excluding hydrogens is 401 g/mol. The standard InChI is InChI=1S/C24H24FNO5/c1-15-10-12-16(13-11-15)22(29)20-21(17-7-4-5-8-18(17)25)26(24(31)23(20)30)14-6-2-3-9-19(27)28/h4-5,7-8,10-13,21,29H,2-3,6,9,14H2,1H3,(H,27,28)/b22-20-. The average molecular weight is 425 g/mol. The number of aliphatic hydroxyl groups is 1. The average Bonchev–Trinajstić information content (AvgIpc) is 2.98. The molecule has 3 rings (SSSR count). The summed E-state index contributed by atoms with van der Waals surface area (Å²) in [5, 5.41) is 19.7. The molecule has 0 aliphatic carbocycles. The molecule has 0 aromatic heterocycles. The van der Waals surface area contributed by atoms with Crippen molar-refractivity contribution in [3.63, 3.8) is 0 Å². The maximum absolute atomic E-state index is 14.7. The fourth-order valence-corrected chi connectivity index (χ4v) is 3.73. The van der Waals surface area contributed by atoms with Crippen LogP contribution in [0, 0.1) is 12.7 Å². The first-order chi connectivity index (χ1) is 14.8. The molecule has 6 nitrogen and oxygen atoms in total. The van der Waals surface area contributed by atoms with Crippen LogP contribution in [0.5, 0.6) is 0 Å². The van der Waals surface area contributed by atoms with E-state index < -0.39 is 29.5 Å². The topological polar surface area (TPSA) is 94.9 Å². The van der Waals surface area contributed by atoms with Crippen LogP contribution in [0.15, 0.2) is 54.1 Å². The minimum Gasteiger partial charge on any atom is -0.507 e. The number of ketones is 1. The van der Waals surface area contributed by atoms with E-state index in [2.05, 4.69) is 0 Å². The SMILES string of the molecule is Cc1ccc(/C(O)=C2/C(=O)C(=O)N(CCCCCC(=O)O)C2c2ccccc2F)cc1. The molecule has 1 amide bonds. The van der Waals surface area contributed by atoms with Gasteiger partial charge in [-0.15, -0.1) is 0 Å². The van der Waals surface area contributed by atoms with Crippen molar-refractivity contribution >= 4 is 23.4 Å². The maximum Gasteiger partial charge on any atom is 0.303 e. The highest BCUT2D eigenvalue weighted by Crippen LogP contribution is 2.40. The van der Waals surface area contributed by atoms with E-state index in [1.54, 1.807) is 30.3 Å². The van der Waals surface area contributed by atoms with Crippen LogP contribution in [0.25, 0.3) is 5.76 Å². The van der Waals surface area contributed by atoms with E-state index >= 15 is 0 Å². The lowest BCUT2D eigenvalue weighted by atomic mass is 9.94. The minimum absolute atomic E-state index is 0.0168. The van der Waals surface area contributed by atoms with Crippen molar-refractivity contribution in [1.82, 2.24) is 4.90 Å². The number of hydrogen-bond donors (Lipinski definition) is 2. The molecule has 1 fully saturated rings. The van der Waals surface area contributed by atoms with Gasteiger partial charge in [0.15, 0.2) is 0 Å². The molecule has 1 aliphatic heterocycles. The van der Waals surface area contributed by atoms with Crippen LogP contribution in [0.4, 0.5) is 4.39 Å². The van der Waals surface area contributed by atoms with Gasteiger partial charge < -0.3 is 15.1 Å². The molecule has 162 valence electrons. The van der Waals surface area contributed by atoms with Crippen LogP contribution in [0.3, 0.4) is 0 Å². The molecule has 1 heterocycles. The maximum atomic E-state index is 14.7.